The summed E-state index contributed by atoms with van der Waals surface area (Å²) >= 11 is 0. The molecule has 0 radical (unpaired) electrons. The Labute approximate surface area is 196 Å². The van der Waals surface area contributed by atoms with E-state index in [-0.39, 0.29) is 12.6 Å². The molecule has 1 N–H and O–H groups in total. The standard InChI is InChI=1S/C22H22N6O5S/c1-31-16-6-4-7-17(32-2)19(16)28-21(15-5-3-8-18(26-15)33-14-9-10-14)27-20-22(28)25-13(11-23-20)12-24-34(29)30/h3-8,11,14,34H,9-10,12H2,1-2H3,(H,24,29,30). The summed E-state index contributed by atoms with van der Waals surface area (Å²) in [5, 5.41) is 0. The molecule has 5 rings (SSSR count). The van der Waals surface area contributed by atoms with Crippen LogP contribution in [0.3, 0.4) is 0 Å². The summed E-state index contributed by atoms with van der Waals surface area (Å²) < 4.78 is 43.2. The molecular weight excluding hydrogens is 460 g/mol. The maximum absolute atomic E-state index is 11.0. The maximum atomic E-state index is 11.0. The number of hydrogen-bond donors (Lipinski definition) is 2. The first kappa shape index (κ1) is 22.0. The quantitative estimate of drug-likeness (QED) is 0.344. The number of ether oxygens (including phenoxy) is 3. The second-order valence-corrected chi connectivity index (χ2v) is 8.39. The molecule has 1 fully saturated rings. The van der Waals surface area contributed by atoms with Gasteiger partial charge in [-0.1, -0.05) is 12.1 Å². The number of thiol groups is 1. The second-order valence-electron chi connectivity index (χ2n) is 7.56. The lowest BCUT2D eigenvalue weighted by atomic mass is 10.2. The van der Waals surface area contributed by atoms with E-state index in [1.54, 1.807) is 30.9 Å². The summed E-state index contributed by atoms with van der Waals surface area (Å²) in [6.45, 7) is -0.00577. The summed E-state index contributed by atoms with van der Waals surface area (Å²) in [7, 11) is 0.346. The number of nitrogens with one attached hydrogen (secondary N) is 1. The first-order valence-corrected chi connectivity index (χ1v) is 11.7. The third-order valence-corrected chi connectivity index (χ3v) is 5.62. The van der Waals surface area contributed by atoms with E-state index in [1.165, 1.54) is 6.20 Å². The first-order valence-electron chi connectivity index (χ1n) is 10.5. The van der Waals surface area contributed by atoms with E-state index < -0.39 is 10.9 Å². The average Bonchev–Trinajstić information content (AvgIpc) is 3.59. The summed E-state index contributed by atoms with van der Waals surface area (Å²) in [6, 6.07) is 10.9. The lowest BCUT2D eigenvalue weighted by Gasteiger charge is -2.16. The maximum Gasteiger partial charge on any atom is 0.214 e. The molecule has 34 heavy (non-hydrogen) atoms. The Balaban J connectivity index is 1.74. The van der Waals surface area contributed by atoms with E-state index in [1.807, 2.05) is 24.3 Å². The van der Waals surface area contributed by atoms with Crippen LogP contribution >= 0.6 is 0 Å². The molecule has 1 aliphatic carbocycles. The first-order chi connectivity index (χ1) is 16.6. The highest BCUT2D eigenvalue weighted by Crippen LogP contribution is 2.38. The highest BCUT2D eigenvalue weighted by molar-refractivity contribution is 7.70. The number of benzene rings is 1. The predicted octanol–water partition coefficient (Wildman–Crippen LogP) is 2.05. The average molecular weight is 483 g/mol. The molecule has 3 aromatic heterocycles. The number of aromatic nitrogens is 5. The Kier molecular flexibility index (Phi) is 5.99. The minimum atomic E-state index is -2.78. The SMILES string of the molecule is COc1cccc(OC)c1-n1c(-c2cccc(OC3CC3)n2)nc2ncc(CN[SH](=O)=O)nc21. The highest BCUT2D eigenvalue weighted by atomic mass is 32.2. The largest absolute Gasteiger partial charge is 0.494 e. The van der Waals surface area contributed by atoms with Gasteiger partial charge in [-0.15, -0.1) is 0 Å². The topological polar surface area (TPSA) is 130 Å². The van der Waals surface area contributed by atoms with E-state index in [4.69, 9.17) is 19.2 Å². The Morgan fingerprint density at radius 2 is 1.76 bits per heavy atom. The van der Waals surface area contributed by atoms with E-state index >= 15 is 0 Å². The van der Waals surface area contributed by atoms with Crippen LogP contribution in [0.25, 0.3) is 28.5 Å². The van der Waals surface area contributed by atoms with Crippen molar-refractivity contribution in [2.75, 3.05) is 14.2 Å². The molecule has 3 heterocycles. The molecule has 11 nitrogen and oxygen atoms in total. The van der Waals surface area contributed by atoms with Gasteiger partial charge in [-0.25, -0.2) is 33.1 Å². The Hall–Kier alpha value is -3.77. The summed E-state index contributed by atoms with van der Waals surface area (Å²) in [4.78, 5) is 18.4. The Morgan fingerprint density at radius 3 is 2.44 bits per heavy atom. The van der Waals surface area contributed by atoms with Gasteiger partial charge in [0.1, 0.15) is 29.0 Å². The second kappa shape index (κ2) is 9.23. The van der Waals surface area contributed by atoms with Gasteiger partial charge in [0.15, 0.2) is 17.1 Å². The van der Waals surface area contributed by atoms with Crippen LogP contribution < -0.4 is 18.9 Å². The van der Waals surface area contributed by atoms with Crippen LogP contribution in [0.1, 0.15) is 18.5 Å². The molecule has 0 saturated heterocycles. The number of methoxy groups -OCH3 is 2. The number of rotatable bonds is 9. The molecule has 12 heteroatoms. The molecule has 0 atom stereocenters. The molecule has 1 aromatic carbocycles. The number of hydrogen-bond acceptors (Lipinski definition) is 9. The van der Waals surface area contributed by atoms with Crippen molar-refractivity contribution in [1.29, 1.82) is 0 Å². The van der Waals surface area contributed by atoms with Crippen molar-refractivity contribution in [3.05, 3.63) is 48.3 Å². The van der Waals surface area contributed by atoms with Gasteiger partial charge in [-0.3, -0.25) is 4.57 Å². The van der Waals surface area contributed by atoms with Gasteiger partial charge in [0.2, 0.25) is 16.8 Å². The van der Waals surface area contributed by atoms with Crippen LogP contribution in [0.2, 0.25) is 0 Å². The van der Waals surface area contributed by atoms with Crippen LogP contribution in [0.15, 0.2) is 42.6 Å². The fourth-order valence-corrected chi connectivity index (χ4v) is 3.81. The summed E-state index contributed by atoms with van der Waals surface area (Å²) in [5.41, 5.74) is 2.29. The van der Waals surface area contributed by atoms with Gasteiger partial charge in [-0.2, -0.15) is 0 Å². The van der Waals surface area contributed by atoms with Crippen LogP contribution in [-0.4, -0.2) is 53.2 Å². The number of fused-ring (bicyclic) bond motifs is 1. The van der Waals surface area contributed by atoms with Crippen molar-refractivity contribution in [3.8, 4) is 34.6 Å². The van der Waals surface area contributed by atoms with E-state index in [0.29, 0.717) is 51.6 Å². The zero-order valence-electron chi connectivity index (χ0n) is 18.5. The monoisotopic (exact) mass is 482 g/mol. The van der Waals surface area contributed by atoms with Crippen molar-refractivity contribution in [1.82, 2.24) is 29.2 Å². The van der Waals surface area contributed by atoms with Gasteiger partial charge in [-0.05, 0) is 31.0 Å². The zero-order valence-corrected chi connectivity index (χ0v) is 19.4. The van der Waals surface area contributed by atoms with Crippen LogP contribution in [0.4, 0.5) is 0 Å². The lowest BCUT2D eigenvalue weighted by Crippen LogP contribution is -2.12. The number of imidazole rings is 1. The smallest absolute Gasteiger partial charge is 0.214 e. The zero-order chi connectivity index (χ0) is 23.7. The van der Waals surface area contributed by atoms with Gasteiger partial charge < -0.3 is 14.2 Å². The van der Waals surface area contributed by atoms with Crippen molar-refractivity contribution >= 4 is 22.2 Å². The van der Waals surface area contributed by atoms with Crippen molar-refractivity contribution in [3.63, 3.8) is 0 Å². The van der Waals surface area contributed by atoms with Gasteiger partial charge in [0.25, 0.3) is 0 Å². The molecule has 4 aromatic rings. The number of pyridine rings is 1. The lowest BCUT2D eigenvalue weighted by molar-refractivity contribution is 0.291. The Bertz CT molecular complexity index is 1400. The van der Waals surface area contributed by atoms with Crippen molar-refractivity contribution < 1.29 is 22.6 Å². The minimum Gasteiger partial charge on any atom is -0.494 e. The fourth-order valence-electron chi connectivity index (χ4n) is 3.52. The van der Waals surface area contributed by atoms with Crippen LogP contribution in [0.5, 0.6) is 17.4 Å². The molecular formula is C22H22N6O5S. The third kappa shape index (κ3) is 4.37. The van der Waals surface area contributed by atoms with Crippen LogP contribution in [0, 0.1) is 0 Å². The summed E-state index contributed by atoms with van der Waals surface area (Å²) in [5.74, 6) is 2.02. The molecule has 0 aliphatic heterocycles. The van der Waals surface area contributed by atoms with E-state index in [9.17, 15) is 8.42 Å². The van der Waals surface area contributed by atoms with Crippen molar-refractivity contribution in [2.45, 2.75) is 25.5 Å². The van der Waals surface area contributed by atoms with Gasteiger partial charge in [0.05, 0.1) is 32.7 Å². The summed E-state index contributed by atoms with van der Waals surface area (Å²) in [6.07, 6.45) is 3.71. The Morgan fingerprint density at radius 1 is 1.03 bits per heavy atom. The molecule has 0 amide bonds. The normalized spacial score (nSPS) is 13.4. The molecule has 1 aliphatic rings. The van der Waals surface area contributed by atoms with Crippen molar-refractivity contribution in [2.24, 2.45) is 0 Å². The van der Waals surface area contributed by atoms with E-state index in [0.717, 1.165) is 12.8 Å². The molecule has 0 spiro atoms. The molecule has 0 bridgehead atoms. The molecule has 1 saturated carbocycles. The minimum absolute atomic E-state index is 0.00577. The molecule has 176 valence electrons. The fraction of sp³-hybridized carbons (Fsp3) is 0.273. The highest BCUT2D eigenvalue weighted by Gasteiger charge is 2.26. The number of nitrogens with zero attached hydrogens (tertiary/aromatic N) is 5. The third-order valence-electron chi connectivity index (χ3n) is 5.20. The number of para-hydroxylation sites is 1. The van der Waals surface area contributed by atoms with Gasteiger partial charge >= 0.3 is 0 Å². The molecule has 0 unspecified atom stereocenters. The van der Waals surface area contributed by atoms with E-state index in [2.05, 4.69) is 19.7 Å². The van der Waals surface area contributed by atoms with Gasteiger partial charge in [0, 0.05) is 6.07 Å². The van der Waals surface area contributed by atoms with Crippen LogP contribution in [-0.2, 0) is 17.4 Å². The predicted molar refractivity (Wildman–Crippen MR) is 124 cm³/mol.